The summed E-state index contributed by atoms with van der Waals surface area (Å²) in [6, 6.07) is 0. The first-order valence-electron chi connectivity index (χ1n) is 1.55. The van der Waals surface area contributed by atoms with Crippen molar-refractivity contribution >= 4 is 30.6 Å². The third kappa shape index (κ3) is 3.87. The fraction of sp³-hybridized carbons (Fsp3) is 0.333. The number of carboxylic acids is 1. The van der Waals surface area contributed by atoms with Crippen LogP contribution in [0.15, 0.2) is 0 Å². The number of hydrogen-bond donors (Lipinski definition) is 2. The third-order valence-corrected chi connectivity index (χ3v) is 0.382. The Labute approximate surface area is 57.7 Å². The monoisotopic (exact) mass is 112 g/mol. The predicted molar refractivity (Wildman–Crippen MR) is 26.9 cm³/mol. The fourth-order valence-electron chi connectivity index (χ4n) is 0.0676. The van der Waals surface area contributed by atoms with E-state index in [-0.39, 0.29) is 18.9 Å². The summed E-state index contributed by atoms with van der Waals surface area (Å²) in [5.41, 5.74) is 0. The van der Waals surface area contributed by atoms with Crippen molar-refractivity contribution in [3.8, 4) is 0 Å². The van der Waals surface area contributed by atoms with Crippen LogP contribution in [-0.2, 0) is 9.59 Å². The van der Waals surface area contributed by atoms with E-state index in [1.165, 1.54) is 0 Å². The Morgan fingerprint density at radius 3 is 1.75 bits per heavy atom. The fourth-order valence-corrected chi connectivity index (χ4v) is 0.0676. The summed E-state index contributed by atoms with van der Waals surface area (Å²) in [6.45, 7) is -0.921. The molecule has 0 unspecified atom stereocenters. The molecule has 0 aliphatic carbocycles. The van der Waals surface area contributed by atoms with E-state index in [4.69, 9.17) is 10.2 Å². The molecular weight excluding hydrogens is 107 g/mol. The quantitative estimate of drug-likeness (QED) is 0.319. The molecule has 2 N–H and O–H groups in total. The van der Waals surface area contributed by atoms with Crippen molar-refractivity contribution in [2.24, 2.45) is 0 Å². The minimum absolute atomic E-state index is 0. The second-order valence-electron chi connectivity index (χ2n) is 0.886. The van der Waals surface area contributed by atoms with Crippen LogP contribution in [0.4, 0.5) is 0 Å². The molecule has 0 aliphatic heterocycles. The molecule has 42 valence electrons. The molecule has 0 fully saturated rings. The van der Waals surface area contributed by atoms with Gasteiger partial charge in [0.2, 0.25) is 0 Å². The van der Waals surface area contributed by atoms with E-state index in [2.05, 4.69) is 0 Å². The van der Waals surface area contributed by atoms with Gasteiger partial charge in [-0.15, -0.1) is 0 Å². The number of rotatable bonds is 2. The van der Waals surface area contributed by atoms with E-state index in [0.717, 1.165) is 0 Å². The minimum atomic E-state index is -1.59. The summed E-state index contributed by atoms with van der Waals surface area (Å²) >= 11 is 0. The Balaban J connectivity index is 0. The normalized spacial score (nSPS) is 7.12. The Bertz CT molecular complexity index is 99.5. The first-order valence-corrected chi connectivity index (χ1v) is 1.55. The van der Waals surface area contributed by atoms with Gasteiger partial charge in [-0.05, 0) is 0 Å². The Kier molecular flexibility index (Phi) is 6.44. The molecule has 0 amide bonds. The van der Waals surface area contributed by atoms with Gasteiger partial charge in [-0.25, -0.2) is 4.79 Å². The van der Waals surface area contributed by atoms with E-state index < -0.39 is 18.4 Å². The first kappa shape index (κ1) is 10.6. The molecule has 0 aromatic rings. The molecule has 0 heterocycles. The summed E-state index contributed by atoms with van der Waals surface area (Å²) in [6.07, 6.45) is 0. The third-order valence-electron chi connectivity index (χ3n) is 0.382. The van der Waals surface area contributed by atoms with Gasteiger partial charge >= 0.3 is 24.8 Å². The maximum atomic E-state index is 9.66. The number of hydrogen-bond acceptors (Lipinski definition) is 3. The van der Waals surface area contributed by atoms with Gasteiger partial charge < -0.3 is 10.2 Å². The molecule has 0 atom stereocenters. The van der Waals surface area contributed by atoms with Crippen LogP contribution < -0.4 is 0 Å². The van der Waals surface area contributed by atoms with Crippen LogP contribution in [-0.4, -0.2) is 47.4 Å². The van der Waals surface area contributed by atoms with Gasteiger partial charge in [0.05, 0.1) is 0 Å². The van der Waals surface area contributed by atoms with Gasteiger partial charge in [-0.3, -0.25) is 4.79 Å². The van der Waals surface area contributed by atoms with E-state index in [9.17, 15) is 9.59 Å². The molecule has 0 aromatic carbocycles. The SMILES string of the molecule is O=C(O)C(=O)CO.[LiH]. The predicted octanol–water partition coefficient (Wildman–Crippen LogP) is -2.02. The average molecular weight is 112 g/mol. The molecule has 0 rings (SSSR count). The molecule has 0 spiro atoms. The number of aliphatic hydroxyl groups excluding tert-OH is 1. The summed E-state index contributed by atoms with van der Waals surface area (Å²) in [5.74, 6) is -2.78. The van der Waals surface area contributed by atoms with E-state index >= 15 is 0 Å². The zero-order valence-electron chi connectivity index (χ0n) is 3.42. The van der Waals surface area contributed by atoms with Crippen molar-refractivity contribution in [2.75, 3.05) is 6.61 Å². The number of carboxylic acid groups (broad SMARTS) is 1. The molecule has 8 heavy (non-hydrogen) atoms. The van der Waals surface area contributed by atoms with Gasteiger partial charge in [0, 0.05) is 0 Å². The van der Waals surface area contributed by atoms with Crippen molar-refractivity contribution in [3.63, 3.8) is 0 Å². The molecule has 5 heteroatoms. The second kappa shape index (κ2) is 4.85. The molecule has 0 aromatic heterocycles. The Morgan fingerprint density at radius 1 is 1.38 bits per heavy atom. The van der Waals surface area contributed by atoms with Crippen LogP contribution >= 0.6 is 0 Å². The summed E-state index contributed by atoms with van der Waals surface area (Å²) < 4.78 is 0. The number of carbonyl (C=O) groups is 2. The van der Waals surface area contributed by atoms with Gasteiger partial charge in [-0.2, -0.15) is 0 Å². The standard InChI is InChI=1S/C3H4O4.Li.H/c4-1-2(5)3(6)7;;/h4H,1H2,(H,6,7);;. The average Bonchev–Trinajstić information content (AvgIpc) is 1.65. The number of ketones is 1. The van der Waals surface area contributed by atoms with Gasteiger partial charge in [0.25, 0.3) is 5.78 Å². The van der Waals surface area contributed by atoms with Crippen molar-refractivity contribution in [2.45, 2.75) is 0 Å². The Hall–Kier alpha value is -0.303. The van der Waals surface area contributed by atoms with Crippen molar-refractivity contribution < 1.29 is 19.8 Å². The van der Waals surface area contributed by atoms with E-state index in [0.29, 0.717) is 0 Å². The van der Waals surface area contributed by atoms with Gasteiger partial charge in [0.15, 0.2) is 0 Å². The summed E-state index contributed by atoms with van der Waals surface area (Å²) in [4.78, 5) is 19.1. The van der Waals surface area contributed by atoms with Crippen LogP contribution in [0.1, 0.15) is 0 Å². The topological polar surface area (TPSA) is 74.6 Å². The first-order chi connectivity index (χ1) is 3.18. The molecule has 0 aliphatic rings. The van der Waals surface area contributed by atoms with Crippen LogP contribution in [0.5, 0.6) is 0 Å². The zero-order valence-corrected chi connectivity index (χ0v) is 3.42. The van der Waals surface area contributed by atoms with Crippen molar-refractivity contribution in [1.82, 2.24) is 0 Å². The van der Waals surface area contributed by atoms with Crippen LogP contribution in [0.25, 0.3) is 0 Å². The number of carbonyl (C=O) groups excluding carboxylic acids is 1. The molecule has 0 bridgehead atoms. The second-order valence-corrected chi connectivity index (χ2v) is 0.886. The number of aliphatic hydroxyl groups is 1. The van der Waals surface area contributed by atoms with Crippen LogP contribution in [0.2, 0.25) is 0 Å². The van der Waals surface area contributed by atoms with E-state index in [1.54, 1.807) is 0 Å². The molecule has 4 nitrogen and oxygen atoms in total. The Morgan fingerprint density at radius 2 is 1.75 bits per heavy atom. The van der Waals surface area contributed by atoms with E-state index in [1.807, 2.05) is 0 Å². The number of aliphatic carboxylic acids is 1. The molecule has 0 radical (unpaired) electrons. The molecular formula is C3H5LiO4. The van der Waals surface area contributed by atoms with Crippen LogP contribution in [0.3, 0.4) is 0 Å². The van der Waals surface area contributed by atoms with Crippen molar-refractivity contribution in [3.05, 3.63) is 0 Å². The van der Waals surface area contributed by atoms with Gasteiger partial charge in [-0.1, -0.05) is 0 Å². The molecule has 0 saturated carbocycles. The van der Waals surface area contributed by atoms with Gasteiger partial charge in [0.1, 0.15) is 6.61 Å². The summed E-state index contributed by atoms with van der Waals surface area (Å²) in [7, 11) is 0. The van der Waals surface area contributed by atoms with Crippen molar-refractivity contribution in [1.29, 1.82) is 0 Å². The molecule has 0 saturated heterocycles. The maximum absolute atomic E-state index is 9.66. The zero-order chi connectivity index (χ0) is 5.86. The number of Topliss-reactive ketones (excluding diaryl/α,β-unsaturated/α-hetero) is 1. The van der Waals surface area contributed by atoms with Crippen LogP contribution in [0, 0.1) is 0 Å². The summed E-state index contributed by atoms with van der Waals surface area (Å²) in [5, 5.41) is 15.4.